The van der Waals surface area contributed by atoms with Crippen molar-refractivity contribution in [3.05, 3.63) is 44.7 Å². The summed E-state index contributed by atoms with van der Waals surface area (Å²) < 4.78 is 3.54. The van der Waals surface area contributed by atoms with Crippen LogP contribution in [-0.2, 0) is 7.05 Å². The lowest BCUT2D eigenvalue weighted by Gasteiger charge is -2.06. The van der Waals surface area contributed by atoms with Gasteiger partial charge in [-0.25, -0.2) is 4.98 Å². The van der Waals surface area contributed by atoms with E-state index in [1.165, 1.54) is 0 Å². The monoisotopic (exact) mass is 371 g/mol. The van der Waals surface area contributed by atoms with Crippen molar-refractivity contribution in [3.8, 4) is 0 Å². The summed E-state index contributed by atoms with van der Waals surface area (Å²) in [6.45, 7) is 1.94. The number of carbonyl (C=O) groups excluding carboxylic acids is 1. The standard InChI is InChI=1S/C12H11Br2N3O/c1-7-3-11(15-5-9(7)14)16-12(18)10-4-8(13)6-17(10)2/h3-6H,1-2H3,(H,15,16,18). The molecule has 1 N–H and O–H groups in total. The van der Waals surface area contributed by atoms with Gasteiger partial charge in [0.25, 0.3) is 5.91 Å². The second-order valence-corrected chi connectivity index (χ2v) is 5.70. The lowest BCUT2D eigenvalue weighted by molar-refractivity contribution is 0.101. The Morgan fingerprint density at radius 1 is 1.39 bits per heavy atom. The number of pyridine rings is 1. The molecule has 0 saturated carbocycles. The Labute approximate surface area is 122 Å². The van der Waals surface area contributed by atoms with Crippen molar-refractivity contribution in [2.24, 2.45) is 7.05 Å². The minimum Gasteiger partial charge on any atom is -0.345 e. The molecule has 94 valence electrons. The van der Waals surface area contributed by atoms with Crippen LogP contribution in [0.2, 0.25) is 0 Å². The van der Waals surface area contributed by atoms with Crippen LogP contribution in [0.3, 0.4) is 0 Å². The third-order valence-electron chi connectivity index (χ3n) is 2.49. The molecule has 4 nitrogen and oxygen atoms in total. The van der Waals surface area contributed by atoms with Crippen molar-refractivity contribution >= 4 is 43.6 Å². The molecule has 0 aliphatic heterocycles. The zero-order chi connectivity index (χ0) is 13.3. The fraction of sp³-hybridized carbons (Fsp3) is 0.167. The van der Waals surface area contributed by atoms with Gasteiger partial charge in [0.15, 0.2) is 0 Å². The van der Waals surface area contributed by atoms with Gasteiger partial charge in [0, 0.05) is 28.4 Å². The summed E-state index contributed by atoms with van der Waals surface area (Å²) in [6, 6.07) is 3.58. The van der Waals surface area contributed by atoms with E-state index in [1.807, 2.05) is 26.2 Å². The molecular weight excluding hydrogens is 362 g/mol. The first-order valence-corrected chi connectivity index (χ1v) is 6.81. The van der Waals surface area contributed by atoms with Gasteiger partial charge in [0.1, 0.15) is 11.5 Å². The summed E-state index contributed by atoms with van der Waals surface area (Å²) in [5.74, 6) is 0.357. The van der Waals surface area contributed by atoms with E-state index >= 15 is 0 Å². The summed E-state index contributed by atoms with van der Waals surface area (Å²) in [5, 5.41) is 2.77. The normalized spacial score (nSPS) is 10.4. The van der Waals surface area contributed by atoms with Crippen molar-refractivity contribution in [2.45, 2.75) is 6.92 Å². The average Bonchev–Trinajstić information content (AvgIpc) is 2.63. The molecule has 2 aromatic heterocycles. The second-order valence-electron chi connectivity index (χ2n) is 3.93. The SMILES string of the molecule is Cc1cc(NC(=O)c2cc(Br)cn2C)ncc1Br. The largest absolute Gasteiger partial charge is 0.345 e. The molecular formula is C12H11Br2N3O. The van der Waals surface area contributed by atoms with Gasteiger partial charge >= 0.3 is 0 Å². The zero-order valence-corrected chi connectivity index (χ0v) is 13.0. The van der Waals surface area contributed by atoms with E-state index in [0.29, 0.717) is 11.5 Å². The molecule has 2 rings (SSSR count). The number of halogens is 2. The smallest absolute Gasteiger partial charge is 0.273 e. The van der Waals surface area contributed by atoms with Crippen LogP contribution < -0.4 is 5.32 Å². The Kier molecular flexibility index (Phi) is 3.87. The van der Waals surface area contributed by atoms with Crippen molar-refractivity contribution in [1.29, 1.82) is 0 Å². The Morgan fingerprint density at radius 3 is 2.67 bits per heavy atom. The highest BCUT2D eigenvalue weighted by Crippen LogP contribution is 2.19. The van der Waals surface area contributed by atoms with Gasteiger partial charge in [-0.1, -0.05) is 0 Å². The molecule has 0 saturated heterocycles. The van der Waals surface area contributed by atoms with Crippen LogP contribution in [-0.4, -0.2) is 15.5 Å². The number of anilines is 1. The highest BCUT2D eigenvalue weighted by molar-refractivity contribution is 9.10. The van der Waals surface area contributed by atoms with Crippen molar-refractivity contribution < 1.29 is 4.79 Å². The predicted octanol–water partition coefficient (Wildman–Crippen LogP) is 3.51. The number of nitrogens with zero attached hydrogens (tertiary/aromatic N) is 2. The first-order chi connectivity index (χ1) is 8.47. The minimum atomic E-state index is -0.183. The molecule has 0 fully saturated rings. The average molecular weight is 373 g/mol. The maximum absolute atomic E-state index is 12.0. The van der Waals surface area contributed by atoms with Crippen LogP contribution in [0.15, 0.2) is 33.5 Å². The molecule has 0 aromatic carbocycles. The van der Waals surface area contributed by atoms with E-state index < -0.39 is 0 Å². The minimum absolute atomic E-state index is 0.183. The van der Waals surface area contributed by atoms with E-state index in [9.17, 15) is 4.79 Å². The fourth-order valence-electron chi connectivity index (χ4n) is 1.54. The quantitative estimate of drug-likeness (QED) is 0.876. The molecule has 0 aliphatic carbocycles. The van der Waals surface area contributed by atoms with Crippen molar-refractivity contribution in [1.82, 2.24) is 9.55 Å². The van der Waals surface area contributed by atoms with Gasteiger partial charge in [0.05, 0.1) is 0 Å². The maximum Gasteiger partial charge on any atom is 0.273 e. The van der Waals surface area contributed by atoms with E-state index in [4.69, 9.17) is 0 Å². The highest BCUT2D eigenvalue weighted by Gasteiger charge is 2.12. The third kappa shape index (κ3) is 2.81. The summed E-state index contributed by atoms with van der Waals surface area (Å²) in [4.78, 5) is 16.2. The van der Waals surface area contributed by atoms with Gasteiger partial charge in [-0.2, -0.15) is 0 Å². The van der Waals surface area contributed by atoms with Gasteiger partial charge in [0.2, 0.25) is 0 Å². The number of nitrogens with one attached hydrogen (secondary N) is 1. The molecule has 0 atom stereocenters. The number of rotatable bonds is 2. The Morgan fingerprint density at radius 2 is 2.11 bits per heavy atom. The highest BCUT2D eigenvalue weighted by atomic mass is 79.9. The van der Waals surface area contributed by atoms with Crippen LogP contribution in [0.4, 0.5) is 5.82 Å². The number of aromatic nitrogens is 2. The van der Waals surface area contributed by atoms with Crippen LogP contribution in [0, 0.1) is 6.92 Å². The maximum atomic E-state index is 12.0. The number of aryl methyl sites for hydroxylation is 2. The summed E-state index contributed by atoms with van der Waals surface area (Å²) in [6.07, 6.45) is 3.50. The Balaban J connectivity index is 2.21. The fourth-order valence-corrected chi connectivity index (χ4v) is 2.28. The molecule has 2 heterocycles. The summed E-state index contributed by atoms with van der Waals surface area (Å²) >= 11 is 6.71. The van der Waals surface area contributed by atoms with Crippen LogP contribution >= 0.6 is 31.9 Å². The van der Waals surface area contributed by atoms with E-state index in [-0.39, 0.29) is 5.91 Å². The zero-order valence-electron chi connectivity index (χ0n) is 9.87. The van der Waals surface area contributed by atoms with Crippen molar-refractivity contribution in [3.63, 3.8) is 0 Å². The summed E-state index contributed by atoms with van der Waals surface area (Å²) in [5.41, 5.74) is 1.60. The van der Waals surface area contributed by atoms with E-state index in [2.05, 4.69) is 42.2 Å². The number of carbonyl (C=O) groups is 1. The second kappa shape index (κ2) is 5.24. The molecule has 1 amide bonds. The summed E-state index contributed by atoms with van der Waals surface area (Å²) in [7, 11) is 1.82. The van der Waals surface area contributed by atoms with E-state index in [1.54, 1.807) is 16.8 Å². The lowest BCUT2D eigenvalue weighted by atomic mass is 10.3. The molecule has 2 aromatic rings. The lowest BCUT2D eigenvalue weighted by Crippen LogP contribution is -2.16. The molecule has 18 heavy (non-hydrogen) atoms. The number of hydrogen-bond acceptors (Lipinski definition) is 2. The molecule has 6 heteroatoms. The van der Waals surface area contributed by atoms with Crippen LogP contribution in [0.25, 0.3) is 0 Å². The van der Waals surface area contributed by atoms with E-state index in [0.717, 1.165) is 14.5 Å². The predicted molar refractivity (Wildman–Crippen MR) is 77.7 cm³/mol. The van der Waals surface area contributed by atoms with Gasteiger partial charge < -0.3 is 9.88 Å². The Hall–Kier alpha value is -1.14. The van der Waals surface area contributed by atoms with Crippen LogP contribution in [0.1, 0.15) is 16.1 Å². The molecule has 0 bridgehead atoms. The van der Waals surface area contributed by atoms with Gasteiger partial charge in [-0.15, -0.1) is 0 Å². The molecule has 0 spiro atoms. The number of hydrogen-bond donors (Lipinski definition) is 1. The first kappa shape index (κ1) is 13.3. The Bertz CT molecular complexity index is 607. The van der Waals surface area contributed by atoms with Gasteiger partial charge in [-0.3, -0.25) is 4.79 Å². The van der Waals surface area contributed by atoms with Crippen molar-refractivity contribution in [2.75, 3.05) is 5.32 Å². The third-order valence-corrected chi connectivity index (χ3v) is 3.76. The first-order valence-electron chi connectivity index (χ1n) is 5.22. The molecule has 0 radical (unpaired) electrons. The number of amides is 1. The van der Waals surface area contributed by atoms with Gasteiger partial charge in [-0.05, 0) is 56.5 Å². The van der Waals surface area contributed by atoms with Crippen LogP contribution in [0.5, 0.6) is 0 Å². The topological polar surface area (TPSA) is 46.9 Å². The molecule has 0 unspecified atom stereocenters. The molecule has 0 aliphatic rings.